The van der Waals surface area contributed by atoms with Gasteiger partial charge in [0.1, 0.15) is 17.0 Å². The van der Waals surface area contributed by atoms with Crippen LogP contribution in [0.5, 0.6) is 0 Å². The van der Waals surface area contributed by atoms with E-state index in [9.17, 15) is 0 Å². The van der Waals surface area contributed by atoms with E-state index >= 15 is 0 Å². The topological polar surface area (TPSA) is 54.5 Å². The first-order valence-electron chi connectivity index (χ1n) is 16.5. The Morgan fingerprint density at radius 1 is 0.469 bits per heavy atom. The molecule has 0 spiro atoms. The molecule has 0 amide bonds. The summed E-state index contributed by atoms with van der Waals surface area (Å²) in [6.07, 6.45) is 0. The fraction of sp³-hybridized carbons (Fsp3) is 0.0227. The number of nitrogens with one attached hydrogen (secondary N) is 2. The molecule has 1 atom stereocenters. The second-order valence-electron chi connectivity index (χ2n) is 12.6. The number of rotatable bonds is 5. The van der Waals surface area contributed by atoms with Crippen molar-refractivity contribution in [2.75, 3.05) is 0 Å². The Bertz CT molecular complexity index is 2710. The molecule has 0 bridgehead atoms. The van der Waals surface area contributed by atoms with Gasteiger partial charge in [-0.1, -0.05) is 133 Å². The van der Waals surface area contributed by atoms with Gasteiger partial charge in [-0.2, -0.15) is 0 Å². The minimum Gasteiger partial charge on any atom is -0.456 e. The molecule has 2 aromatic heterocycles. The first-order chi connectivity index (χ1) is 24.2. The Kier molecular flexibility index (Phi) is 6.10. The number of hydrogen-bond acceptors (Lipinski definition) is 4. The minimum absolute atomic E-state index is 0.792. The lowest BCUT2D eigenvalue weighted by atomic mass is 9.91. The molecule has 10 rings (SSSR count). The molecule has 0 aliphatic carbocycles. The van der Waals surface area contributed by atoms with Crippen LogP contribution in [-0.2, 0) is 5.66 Å². The van der Waals surface area contributed by atoms with E-state index in [2.05, 4.69) is 149 Å². The summed E-state index contributed by atoms with van der Waals surface area (Å²) >= 11 is 0. The van der Waals surface area contributed by atoms with Crippen molar-refractivity contribution in [3.63, 3.8) is 0 Å². The Labute approximate surface area is 282 Å². The maximum absolute atomic E-state index is 6.69. The number of aliphatic imine (C=N–C) groups is 1. The van der Waals surface area contributed by atoms with E-state index in [0.29, 0.717) is 0 Å². The smallest absolute Gasteiger partial charge is 0.180 e. The highest BCUT2D eigenvalue weighted by Crippen LogP contribution is 2.40. The Morgan fingerprint density at radius 3 is 1.90 bits per heavy atom. The molecule has 0 fully saturated rings. The van der Waals surface area contributed by atoms with E-state index in [4.69, 9.17) is 9.41 Å². The first-order valence-corrected chi connectivity index (χ1v) is 16.5. The van der Waals surface area contributed by atoms with Gasteiger partial charge < -0.3 is 14.4 Å². The van der Waals surface area contributed by atoms with Gasteiger partial charge in [-0.05, 0) is 41.5 Å². The van der Waals surface area contributed by atoms with Crippen molar-refractivity contribution in [2.24, 2.45) is 4.99 Å². The van der Waals surface area contributed by atoms with Crippen molar-refractivity contribution in [3.05, 3.63) is 187 Å². The van der Waals surface area contributed by atoms with Crippen molar-refractivity contribution in [1.82, 2.24) is 15.4 Å². The highest BCUT2D eigenvalue weighted by Gasteiger charge is 2.39. The molecule has 0 saturated heterocycles. The van der Waals surface area contributed by atoms with Crippen LogP contribution in [0.4, 0.5) is 0 Å². The van der Waals surface area contributed by atoms with Gasteiger partial charge in [0.05, 0.1) is 11.0 Å². The number of aromatic nitrogens is 1. The molecule has 1 aliphatic rings. The van der Waals surface area contributed by atoms with Crippen molar-refractivity contribution >= 4 is 49.6 Å². The summed E-state index contributed by atoms with van der Waals surface area (Å²) < 4.78 is 9.05. The predicted molar refractivity (Wildman–Crippen MR) is 200 cm³/mol. The molecule has 0 saturated carbocycles. The predicted octanol–water partition coefficient (Wildman–Crippen LogP) is 10.1. The number of benzene rings is 7. The molecule has 49 heavy (non-hydrogen) atoms. The number of para-hydroxylation sites is 1. The van der Waals surface area contributed by atoms with E-state index in [1.54, 1.807) is 0 Å². The summed E-state index contributed by atoms with van der Waals surface area (Å²) in [5.41, 5.74) is 16.5. The number of fused-ring (bicyclic) bond motifs is 6. The molecular weight excluding hydrogens is 601 g/mol. The van der Waals surface area contributed by atoms with Crippen LogP contribution in [0, 0.1) is 0 Å². The first kappa shape index (κ1) is 27.7. The van der Waals surface area contributed by atoms with Gasteiger partial charge in [0.25, 0.3) is 0 Å². The number of amidine groups is 1. The lowest BCUT2D eigenvalue weighted by Crippen LogP contribution is -2.44. The van der Waals surface area contributed by atoms with Gasteiger partial charge in [0.2, 0.25) is 0 Å². The Balaban J connectivity index is 1.13. The molecule has 3 heterocycles. The molecule has 5 heteroatoms. The lowest BCUT2D eigenvalue weighted by molar-refractivity contribution is 0.434. The summed E-state index contributed by atoms with van der Waals surface area (Å²) in [7, 11) is 0. The molecule has 1 aliphatic heterocycles. The Hall–Kier alpha value is -6.43. The standard InChI is InChI=1S/C44H30N4O/c1-4-12-29(13-5-1)31-20-23-36-35-18-10-11-19-39(35)48(40(36)26-31)34-22-25-38-37-24-21-33(27-41(37)49-42(38)28-34)44(32-16-8-3-9-17-32)45-43(46-47-44)30-14-6-2-7-15-30/h1-28,47H,(H,45,46). The highest BCUT2D eigenvalue weighted by atomic mass is 16.3. The molecule has 232 valence electrons. The molecule has 5 nitrogen and oxygen atoms in total. The van der Waals surface area contributed by atoms with Crippen molar-refractivity contribution in [3.8, 4) is 16.8 Å². The van der Waals surface area contributed by atoms with E-state index in [0.717, 1.165) is 61.2 Å². The van der Waals surface area contributed by atoms with Gasteiger partial charge in [0, 0.05) is 50.0 Å². The van der Waals surface area contributed by atoms with Crippen LogP contribution in [0.15, 0.2) is 179 Å². The van der Waals surface area contributed by atoms with E-state index in [1.165, 1.54) is 21.9 Å². The zero-order chi connectivity index (χ0) is 32.4. The summed E-state index contributed by atoms with van der Waals surface area (Å²) in [6, 6.07) is 59.5. The summed E-state index contributed by atoms with van der Waals surface area (Å²) in [6.45, 7) is 0. The number of hydrogen-bond donors (Lipinski definition) is 2. The maximum atomic E-state index is 6.69. The third-order valence-electron chi connectivity index (χ3n) is 9.79. The van der Waals surface area contributed by atoms with Crippen LogP contribution in [-0.4, -0.2) is 10.4 Å². The number of furan rings is 1. The molecule has 2 N–H and O–H groups in total. The zero-order valence-corrected chi connectivity index (χ0v) is 26.5. The quantitative estimate of drug-likeness (QED) is 0.199. The summed E-state index contributed by atoms with van der Waals surface area (Å²) in [5.74, 6) is 0.792. The van der Waals surface area contributed by atoms with Crippen LogP contribution in [0.1, 0.15) is 16.7 Å². The number of hydrazine groups is 1. The highest BCUT2D eigenvalue weighted by molar-refractivity contribution is 6.11. The van der Waals surface area contributed by atoms with E-state index in [-0.39, 0.29) is 0 Å². The average molecular weight is 631 g/mol. The monoisotopic (exact) mass is 630 g/mol. The lowest BCUT2D eigenvalue weighted by Gasteiger charge is -2.27. The fourth-order valence-electron chi connectivity index (χ4n) is 7.41. The van der Waals surface area contributed by atoms with Crippen LogP contribution in [0.25, 0.3) is 60.6 Å². The third-order valence-corrected chi connectivity index (χ3v) is 9.79. The van der Waals surface area contributed by atoms with Crippen molar-refractivity contribution < 1.29 is 4.42 Å². The van der Waals surface area contributed by atoms with Gasteiger partial charge in [0.15, 0.2) is 5.66 Å². The van der Waals surface area contributed by atoms with Crippen LogP contribution in [0.3, 0.4) is 0 Å². The molecule has 1 unspecified atom stereocenters. The second kappa shape index (κ2) is 10.8. The summed E-state index contributed by atoms with van der Waals surface area (Å²) in [5, 5.41) is 4.60. The zero-order valence-electron chi connectivity index (χ0n) is 26.5. The van der Waals surface area contributed by atoms with Crippen LogP contribution >= 0.6 is 0 Å². The fourth-order valence-corrected chi connectivity index (χ4v) is 7.41. The maximum Gasteiger partial charge on any atom is 0.180 e. The molecule has 9 aromatic rings. The van der Waals surface area contributed by atoms with E-state index in [1.807, 2.05) is 36.4 Å². The van der Waals surface area contributed by atoms with Gasteiger partial charge in [-0.25, -0.2) is 10.4 Å². The van der Waals surface area contributed by atoms with Crippen LogP contribution in [0.2, 0.25) is 0 Å². The Morgan fingerprint density at radius 2 is 1.10 bits per heavy atom. The van der Waals surface area contributed by atoms with E-state index < -0.39 is 5.66 Å². The van der Waals surface area contributed by atoms with Gasteiger partial charge in [-0.15, -0.1) is 0 Å². The van der Waals surface area contributed by atoms with Crippen LogP contribution < -0.4 is 10.9 Å². The second-order valence-corrected chi connectivity index (χ2v) is 12.6. The molecular formula is C44H30N4O. The van der Waals surface area contributed by atoms with Crippen molar-refractivity contribution in [2.45, 2.75) is 5.66 Å². The minimum atomic E-state index is -0.829. The third kappa shape index (κ3) is 4.33. The molecule has 7 aromatic carbocycles. The normalized spacial score (nSPS) is 16.0. The SMILES string of the molecule is c1ccc(C2=NC(c3ccccc3)(c3ccc4c(c3)oc3cc(-n5c6ccccc6c6ccc(-c7ccccc7)cc65)ccc34)NN2)cc1. The number of nitrogens with zero attached hydrogens (tertiary/aromatic N) is 2. The van der Waals surface area contributed by atoms with Crippen molar-refractivity contribution in [1.29, 1.82) is 0 Å². The summed E-state index contributed by atoms with van der Waals surface area (Å²) in [4.78, 5) is 5.28. The average Bonchev–Trinajstić information content (AvgIpc) is 3.88. The van der Waals surface area contributed by atoms with Gasteiger partial charge >= 0.3 is 0 Å². The van der Waals surface area contributed by atoms with Gasteiger partial charge in [-0.3, -0.25) is 0 Å². The largest absolute Gasteiger partial charge is 0.456 e. The molecule has 0 radical (unpaired) electrons.